The van der Waals surface area contributed by atoms with Gasteiger partial charge >= 0.3 is 5.97 Å². The molecule has 1 saturated heterocycles. The number of carbonyl (C=O) groups is 4. The average molecular weight is 330 g/mol. The second-order valence-corrected chi connectivity index (χ2v) is 6.39. The first-order valence-electron chi connectivity index (χ1n) is 6.15. The molecule has 0 aromatic rings. The highest BCUT2D eigenvalue weighted by Crippen LogP contribution is 2.51. The van der Waals surface area contributed by atoms with E-state index in [1.165, 1.54) is 23.6 Å². The van der Waals surface area contributed by atoms with Crippen LogP contribution >= 0.6 is 24.4 Å². The van der Waals surface area contributed by atoms with Crippen LogP contribution in [0.15, 0.2) is 10.6 Å². The fourth-order valence-corrected chi connectivity index (χ4v) is 4.40. The number of esters is 1. The van der Waals surface area contributed by atoms with E-state index in [9.17, 15) is 19.2 Å². The SMILES string of the molecule is CC(=O)OC(C)C1C(=O)N2C(C(=O)S)=C(CC(N)=O)S[C@H]12. The Balaban J connectivity index is 2.21. The maximum Gasteiger partial charge on any atom is 0.302 e. The zero-order chi connectivity index (χ0) is 15.9. The first-order chi connectivity index (χ1) is 9.73. The average Bonchev–Trinajstić information content (AvgIpc) is 2.62. The summed E-state index contributed by atoms with van der Waals surface area (Å²) < 4.78 is 5.03. The summed E-state index contributed by atoms with van der Waals surface area (Å²) in [6, 6.07) is 0. The summed E-state index contributed by atoms with van der Waals surface area (Å²) in [5.74, 6) is -1.94. The lowest BCUT2D eigenvalue weighted by molar-refractivity contribution is -0.163. The molecule has 1 fully saturated rings. The van der Waals surface area contributed by atoms with Gasteiger partial charge in [0.2, 0.25) is 16.9 Å². The number of thioether (sulfide) groups is 1. The zero-order valence-corrected chi connectivity index (χ0v) is 13.1. The Morgan fingerprint density at radius 2 is 2.10 bits per heavy atom. The molecule has 0 aromatic carbocycles. The van der Waals surface area contributed by atoms with Crippen LogP contribution < -0.4 is 5.73 Å². The fourth-order valence-electron chi connectivity index (χ4n) is 2.46. The molecule has 0 aliphatic carbocycles. The molecule has 2 unspecified atom stereocenters. The molecular formula is C12H14N2O5S2. The number of ether oxygens (including phenoxy) is 1. The van der Waals surface area contributed by atoms with Crippen LogP contribution in [0.2, 0.25) is 0 Å². The number of β-lactam (4-membered cyclic amide) rings is 1. The monoisotopic (exact) mass is 330 g/mol. The Bertz CT molecular complexity index is 574. The van der Waals surface area contributed by atoms with Gasteiger partial charge in [0, 0.05) is 11.8 Å². The highest BCUT2D eigenvalue weighted by Gasteiger charge is 2.58. The van der Waals surface area contributed by atoms with Crippen LogP contribution in [0, 0.1) is 5.92 Å². The molecule has 0 spiro atoms. The highest BCUT2D eigenvalue weighted by molar-refractivity contribution is 8.04. The van der Waals surface area contributed by atoms with Gasteiger partial charge in [0.1, 0.15) is 23.1 Å². The first kappa shape index (κ1) is 15.9. The highest BCUT2D eigenvalue weighted by atomic mass is 32.2. The van der Waals surface area contributed by atoms with E-state index >= 15 is 0 Å². The van der Waals surface area contributed by atoms with Crippen molar-refractivity contribution in [2.75, 3.05) is 0 Å². The molecule has 2 heterocycles. The lowest BCUT2D eigenvalue weighted by Gasteiger charge is -2.44. The summed E-state index contributed by atoms with van der Waals surface area (Å²) in [4.78, 5) is 47.6. The molecule has 2 aliphatic rings. The lowest BCUT2D eigenvalue weighted by atomic mass is 9.92. The number of amides is 2. The minimum absolute atomic E-state index is 0.100. The maximum absolute atomic E-state index is 12.2. The van der Waals surface area contributed by atoms with Gasteiger partial charge in [-0.25, -0.2) is 0 Å². The molecule has 0 bridgehead atoms. The predicted molar refractivity (Wildman–Crippen MR) is 77.8 cm³/mol. The van der Waals surface area contributed by atoms with Crippen LogP contribution in [0.4, 0.5) is 0 Å². The minimum atomic E-state index is -0.604. The van der Waals surface area contributed by atoms with Gasteiger partial charge in [-0.1, -0.05) is 12.6 Å². The number of nitrogens with two attached hydrogens (primary N) is 1. The first-order valence-corrected chi connectivity index (χ1v) is 7.48. The minimum Gasteiger partial charge on any atom is -0.462 e. The Labute approximate surface area is 130 Å². The molecule has 0 saturated carbocycles. The largest absolute Gasteiger partial charge is 0.462 e. The summed E-state index contributed by atoms with van der Waals surface area (Å²) in [6.07, 6.45) is -0.728. The number of carbonyl (C=O) groups excluding carboxylic acids is 4. The van der Waals surface area contributed by atoms with E-state index < -0.39 is 29.0 Å². The molecule has 2 rings (SSSR count). The van der Waals surface area contributed by atoms with Gasteiger partial charge in [0.05, 0.1) is 6.42 Å². The summed E-state index contributed by atoms with van der Waals surface area (Å²) in [7, 11) is 0. The Morgan fingerprint density at radius 1 is 1.48 bits per heavy atom. The van der Waals surface area contributed by atoms with Crippen LogP contribution in [0.1, 0.15) is 20.3 Å². The maximum atomic E-state index is 12.2. The summed E-state index contributed by atoms with van der Waals surface area (Å²) in [6.45, 7) is 2.88. The van der Waals surface area contributed by atoms with E-state index in [1.807, 2.05) is 0 Å². The standard InChI is InChI=1S/C12H14N2O5S2/c1-4(19-5(2)15)8-10(17)14-9(12(18)20)6(3-7(13)16)21-11(8)14/h4,8,11H,3H2,1-2H3,(H2,13,16)(H,18,20)/t4?,8?,11-/m1/s1. The predicted octanol–water partition coefficient (Wildman–Crippen LogP) is 0.0127. The molecule has 3 atom stereocenters. The number of nitrogens with zero attached hydrogens (tertiary/aromatic N) is 1. The molecule has 2 amide bonds. The van der Waals surface area contributed by atoms with E-state index in [4.69, 9.17) is 10.5 Å². The molecule has 2 N–H and O–H groups in total. The second-order valence-electron chi connectivity index (χ2n) is 4.78. The summed E-state index contributed by atoms with van der Waals surface area (Å²) in [5, 5.41) is -0.958. The molecule has 9 heteroatoms. The van der Waals surface area contributed by atoms with Crippen molar-refractivity contribution < 1.29 is 23.9 Å². The van der Waals surface area contributed by atoms with Crippen molar-refractivity contribution >= 4 is 47.3 Å². The zero-order valence-electron chi connectivity index (χ0n) is 11.4. The fraction of sp³-hybridized carbons (Fsp3) is 0.500. The van der Waals surface area contributed by atoms with Crippen molar-refractivity contribution in [2.45, 2.75) is 31.7 Å². The van der Waals surface area contributed by atoms with E-state index in [1.54, 1.807) is 6.92 Å². The van der Waals surface area contributed by atoms with Crippen LogP contribution in [0.5, 0.6) is 0 Å². The van der Waals surface area contributed by atoms with Gasteiger partial charge in [-0.2, -0.15) is 0 Å². The van der Waals surface area contributed by atoms with Gasteiger partial charge in [-0.05, 0) is 6.92 Å². The van der Waals surface area contributed by atoms with E-state index in [-0.39, 0.29) is 23.4 Å². The number of fused-ring (bicyclic) bond motifs is 1. The van der Waals surface area contributed by atoms with Crippen molar-refractivity contribution in [3.8, 4) is 0 Å². The summed E-state index contributed by atoms with van der Waals surface area (Å²) in [5.41, 5.74) is 5.25. The van der Waals surface area contributed by atoms with Crippen molar-refractivity contribution in [2.24, 2.45) is 11.7 Å². The number of hydrogen-bond donors (Lipinski definition) is 2. The van der Waals surface area contributed by atoms with Gasteiger partial charge in [-0.15, -0.1) is 11.8 Å². The van der Waals surface area contributed by atoms with Gasteiger partial charge in [0.15, 0.2) is 0 Å². The third-order valence-electron chi connectivity index (χ3n) is 3.25. The van der Waals surface area contributed by atoms with Crippen LogP contribution in [0.25, 0.3) is 0 Å². The molecule has 2 aliphatic heterocycles. The van der Waals surface area contributed by atoms with Crippen LogP contribution in [0.3, 0.4) is 0 Å². The topological polar surface area (TPSA) is 107 Å². The quantitative estimate of drug-likeness (QED) is 0.418. The Hall–Kier alpha value is -1.48. The summed E-state index contributed by atoms with van der Waals surface area (Å²) >= 11 is 4.96. The molecule has 21 heavy (non-hydrogen) atoms. The van der Waals surface area contributed by atoms with E-state index in [2.05, 4.69) is 12.6 Å². The molecular weight excluding hydrogens is 316 g/mol. The van der Waals surface area contributed by atoms with E-state index in [0.717, 1.165) is 0 Å². The molecule has 0 aromatic heterocycles. The molecule has 114 valence electrons. The van der Waals surface area contributed by atoms with Gasteiger partial charge < -0.3 is 10.5 Å². The third kappa shape index (κ3) is 2.80. The molecule has 7 nitrogen and oxygen atoms in total. The van der Waals surface area contributed by atoms with Crippen LogP contribution in [-0.2, 0) is 23.9 Å². The number of rotatable bonds is 5. The lowest BCUT2D eigenvalue weighted by Crippen LogP contribution is -2.61. The van der Waals surface area contributed by atoms with Gasteiger partial charge in [-0.3, -0.25) is 24.1 Å². The van der Waals surface area contributed by atoms with E-state index in [0.29, 0.717) is 4.91 Å². The van der Waals surface area contributed by atoms with Crippen molar-refractivity contribution in [1.82, 2.24) is 4.90 Å². The third-order valence-corrected chi connectivity index (χ3v) is 4.83. The Kier molecular flexibility index (Phi) is 4.33. The molecule has 0 radical (unpaired) electrons. The normalized spacial score (nSPS) is 25.3. The van der Waals surface area contributed by atoms with Crippen molar-refractivity contribution in [3.05, 3.63) is 10.6 Å². The van der Waals surface area contributed by atoms with Crippen molar-refractivity contribution in [3.63, 3.8) is 0 Å². The van der Waals surface area contributed by atoms with Gasteiger partial charge in [0.25, 0.3) is 0 Å². The number of thiol groups is 1. The van der Waals surface area contributed by atoms with Crippen molar-refractivity contribution in [1.29, 1.82) is 0 Å². The second kappa shape index (κ2) is 5.72. The smallest absolute Gasteiger partial charge is 0.302 e. The number of primary amides is 1. The number of hydrogen-bond acceptors (Lipinski definition) is 6. The van der Waals surface area contributed by atoms with Crippen LogP contribution in [-0.4, -0.2) is 39.3 Å². The Morgan fingerprint density at radius 3 is 2.57 bits per heavy atom.